The fourth-order valence-electron chi connectivity index (χ4n) is 1.96. The van der Waals surface area contributed by atoms with Gasteiger partial charge in [-0.3, -0.25) is 0 Å². The van der Waals surface area contributed by atoms with Gasteiger partial charge in [0.1, 0.15) is 11.5 Å². The molecule has 0 N–H and O–H groups in total. The van der Waals surface area contributed by atoms with Gasteiger partial charge in [-0.05, 0) is 19.1 Å². The van der Waals surface area contributed by atoms with Crippen LogP contribution in [-0.2, 0) is 9.53 Å². The Morgan fingerprint density at radius 1 is 1.41 bits per heavy atom. The molecule has 0 spiro atoms. The quantitative estimate of drug-likeness (QED) is 0.791. The van der Waals surface area contributed by atoms with Crippen molar-refractivity contribution in [1.82, 2.24) is 0 Å². The molecule has 0 saturated heterocycles. The number of esters is 1. The lowest BCUT2D eigenvalue weighted by molar-refractivity contribution is -0.238. The minimum Gasteiger partial charge on any atom is -0.497 e. The molecule has 2 rings (SSSR count). The lowest BCUT2D eigenvalue weighted by Crippen LogP contribution is -2.56. The number of carbonyl (C=O) groups excluding carboxylic acids is 1. The number of alkyl halides is 3. The van der Waals surface area contributed by atoms with Gasteiger partial charge in [-0.2, -0.15) is 13.2 Å². The lowest BCUT2D eigenvalue weighted by Gasteiger charge is -2.34. The second-order valence-electron chi connectivity index (χ2n) is 4.42. The third kappa shape index (κ3) is 2.61. The third-order valence-corrected chi connectivity index (χ3v) is 3.32. The number of benzene rings is 1. The molecule has 0 bridgehead atoms. The normalized spacial score (nSPS) is 20.1. The molecule has 120 valence electrons. The Labute approximate surface area is 129 Å². The van der Waals surface area contributed by atoms with Crippen molar-refractivity contribution in [2.75, 3.05) is 13.7 Å². The van der Waals surface area contributed by atoms with Crippen LogP contribution in [0.4, 0.5) is 13.2 Å². The Kier molecular flexibility index (Phi) is 4.28. The van der Waals surface area contributed by atoms with Gasteiger partial charge < -0.3 is 14.2 Å². The van der Waals surface area contributed by atoms with Crippen LogP contribution >= 0.6 is 11.6 Å². The van der Waals surface area contributed by atoms with Crippen molar-refractivity contribution in [3.05, 3.63) is 28.8 Å². The van der Waals surface area contributed by atoms with E-state index in [2.05, 4.69) is 4.74 Å². The summed E-state index contributed by atoms with van der Waals surface area (Å²) < 4.78 is 54.6. The highest BCUT2D eigenvalue weighted by molar-refractivity contribution is 6.32. The molecule has 1 aromatic carbocycles. The van der Waals surface area contributed by atoms with Crippen molar-refractivity contribution in [2.45, 2.75) is 18.7 Å². The molecular formula is C14H12ClF3O4. The van der Waals surface area contributed by atoms with E-state index in [1.54, 1.807) is 0 Å². The monoisotopic (exact) mass is 336 g/mol. The fraction of sp³-hybridized carbons (Fsp3) is 0.357. The Balaban J connectivity index is 2.55. The van der Waals surface area contributed by atoms with E-state index in [9.17, 15) is 18.0 Å². The predicted molar refractivity (Wildman–Crippen MR) is 73.1 cm³/mol. The molecule has 4 nitrogen and oxygen atoms in total. The molecule has 0 saturated carbocycles. The van der Waals surface area contributed by atoms with E-state index in [4.69, 9.17) is 21.1 Å². The highest BCUT2D eigenvalue weighted by Crippen LogP contribution is 2.45. The largest absolute Gasteiger partial charge is 0.497 e. The van der Waals surface area contributed by atoms with E-state index in [-0.39, 0.29) is 22.9 Å². The van der Waals surface area contributed by atoms with Crippen molar-refractivity contribution in [3.8, 4) is 11.5 Å². The van der Waals surface area contributed by atoms with Crippen LogP contribution in [0.15, 0.2) is 18.2 Å². The van der Waals surface area contributed by atoms with E-state index >= 15 is 0 Å². The molecule has 0 aliphatic carbocycles. The van der Waals surface area contributed by atoms with Gasteiger partial charge in [-0.1, -0.05) is 17.7 Å². The zero-order chi connectivity index (χ0) is 16.5. The van der Waals surface area contributed by atoms with Crippen LogP contribution in [0.25, 0.3) is 6.08 Å². The average Bonchev–Trinajstić information content (AvgIpc) is 2.45. The zero-order valence-electron chi connectivity index (χ0n) is 11.7. The van der Waals surface area contributed by atoms with Crippen LogP contribution < -0.4 is 9.47 Å². The Hall–Kier alpha value is -1.89. The van der Waals surface area contributed by atoms with E-state index in [0.29, 0.717) is 11.8 Å². The van der Waals surface area contributed by atoms with Gasteiger partial charge >= 0.3 is 17.7 Å². The Bertz CT molecular complexity index is 627. The summed E-state index contributed by atoms with van der Waals surface area (Å²) in [6.45, 7) is 1.19. The summed E-state index contributed by atoms with van der Waals surface area (Å²) in [4.78, 5) is 11.8. The molecule has 1 aromatic rings. The standard InChI is InChI=1S/C14H12ClF3O4/c1-3-21-12(19)13(14(16,17)18)5-4-8-6-9(20-2)7-10(15)11(8)22-13/h4-7H,3H2,1-2H3. The summed E-state index contributed by atoms with van der Waals surface area (Å²) in [5, 5.41) is -0.100. The van der Waals surface area contributed by atoms with Gasteiger partial charge in [0.05, 0.1) is 18.7 Å². The maximum Gasteiger partial charge on any atom is 0.443 e. The highest BCUT2D eigenvalue weighted by atomic mass is 35.5. The molecule has 0 fully saturated rings. The summed E-state index contributed by atoms with van der Waals surface area (Å²) >= 11 is 5.93. The van der Waals surface area contributed by atoms with E-state index < -0.39 is 17.7 Å². The lowest BCUT2D eigenvalue weighted by atomic mass is 9.97. The first kappa shape index (κ1) is 16.5. The van der Waals surface area contributed by atoms with E-state index in [1.165, 1.54) is 26.2 Å². The molecule has 1 aliphatic heterocycles. The van der Waals surface area contributed by atoms with Gasteiger partial charge in [-0.25, -0.2) is 4.79 Å². The summed E-state index contributed by atoms with van der Waals surface area (Å²) in [6, 6.07) is 2.75. The van der Waals surface area contributed by atoms with Crippen LogP contribution in [0.3, 0.4) is 0 Å². The first-order valence-electron chi connectivity index (χ1n) is 6.25. The van der Waals surface area contributed by atoms with Crippen molar-refractivity contribution < 1.29 is 32.2 Å². The molecule has 0 radical (unpaired) electrons. The average molecular weight is 337 g/mol. The molecule has 8 heteroatoms. The Morgan fingerprint density at radius 3 is 2.64 bits per heavy atom. The number of hydrogen-bond acceptors (Lipinski definition) is 4. The molecule has 1 atom stereocenters. The molecular weight excluding hydrogens is 325 g/mol. The van der Waals surface area contributed by atoms with Crippen molar-refractivity contribution in [1.29, 1.82) is 0 Å². The van der Waals surface area contributed by atoms with Crippen LogP contribution in [0.2, 0.25) is 5.02 Å². The maximum absolute atomic E-state index is 13.4. The number of rotatable bonds is 3. The second kappa shape index (κ2) is 5.72. The molecule has 1 aliphatic rings. The number of hydrogen-bond donors (Lipinski definition) is 0. The predicted octanol–water partition coefficient (Wildman–Crippen LogP) is 3.62. The van der Waals surface area contributed by atoms with Gasteiger partial charge in [0.15, 0.2) is 0 Å². The van der Waals surface area contributed by atoms with Gasteiger partial charge in [-0.15, -0.1) is 0 Å². The van der Waals surface area contributed by atoms with Gasteiger partial charge in [0, 0.05) is 11.6 Å². The highest BCUT2D eigenvalue weighted by Gasteiger charge is 2.64. The number of halogens is 4. The van der Waals surface area contributed by atoms with E-state index in [1.807, 2.05) is 0 Å². The minimum absolute atomic E-state index is 0.100. The minimum atomic E-state index is -5.00. The van der Waals surface area contributed by atoms with Crippen LogP contribution in [0.5, 0.6) is 11.5 Å². The first-order chi connectivity index (χ1) is 10.2. The summed E-state index contributed by atoms with van der Waals surface area (Å²) in [5.74, 6) is -1.45. The number of methoxy groups -OCH3 is 1. The van der Waals surface area contributed by atoms with Crippen LogP contribution in [-0.4, -0.2) is 31.5 Å². The molecule has 1 unspecified atom stereocenters. The smallest absolute Gasteiger partial charge is 0.443 e. The zero-order valence-corrected chi connectivity index (χ0v) is 12.4. The molecule has 1 heterocycles. The molecule has 22 heavy (non-hydrogen) atoms. The topological polar surface area (TPSA) is 44.8 Å². The van der Waals surface area contributed by atoms with Gasteiger partial charge in [0.25, 0.3) is 0 Å². The number of fused-ring (bicyclic) bond motifs is 1. The number of carbonyl (C=O) groups is 1. The van der Waals surface area contributed by atoms with Crippen molar-refractivity contribution >= 4 is 23.6 Å². The third-order valence-electron chi connectivity index (χ3n) is 3.04. The van der Waals surface area contributed by atoms with Crippen molar-refractivity contribution in [3.63, 3.8) is 0 Å². The van der Waals surface area contributed by atoms with Gasteiger partial charge in [0.2, 0.25) is 0 Å². The SMILES string of the molecule is CCOC(=O)C1(C(F)(F)F)C=Cc2cc(OC)cc(Cl)c2O1. The van der Waals surface area contributed by atoms with Crippen molar-refractivity contribution in [2.24, 2.45) is 0 Å². The maximum atomic E-state index is 13.4. The molecule has 0 amide bonds. The molecule has 0 aromatic heterocycles. The van der Waals surface area contributed by atoms with E-state index in [0.717, 1.165) is 6.08 Å². The number of ether oxygens (including phenoxy) is 3. The second-order valence-corrected chi connectivity index (χ2v) is 4.82. The first-order valence-corrected chi connectivity index (χ1v) is 6.62. The summed E-state index contributed by atoms with van der Waals surface area (Å²) in [5.41, 5.74) is -2.94. The summed E-state index contributed by atoms with van der Waals surface area (Å²) in [7, 11) is 1.39. The fourth-order valence-corrected chi connectivity index (χ4v) is 2.21. The van der Waals surface area contributed by atoms with Crippen LogP contribution in [0, 0.1) is 0 Å². The van der Waals surface area contributed by atoms with Crippen LogP contribution in [0.1, 0.15) is 12.5 Å². The summed E-state index contributed by atoms with van der Waals surface area (Å²) in [6.07, 6.45) is -3.28. The Morgan fingerprint density at radius 2 is 2.09 bits per heavy atom.